The van der Waals surface area contributed by atoms with Crippen molar-refractivity contribution in [1.29, 1.82) is 0 Å². The Bertz CT molecular complexity index is 1050. The lowest BCUT2D eigenvalue weighted by Gasteiger charge is -2.41. The van der Waals surface area contributed by atoms with Crippen molar-refractivity contribution in [2.75, 3.05) is 37.0 Å². The van der Waals surface area contributed by atoms with E-state index in [4.69, 9.17) is 9.97 Å². The summed E-state index contributed by atoms with van der Waals surface area (Å²) in [6, 6.07) is 0. The van der Waals surface area contributed by atoms with E-state index in [1.807, 2.05) is 50.0 Å². The topological polar surface area (TPSA) is 75.9 Å². The molecule has 0 saturated carbocycles. The van der Waals surface area contributed by atoms with Gasteiger partial charge in [0.05, 0.1) is 17.3 Å². The second kappa shape index (κ2) is 6.12. The van der Waals surface area contributed by atoms with Crippen LogP contribution >= 0.6 is 0 Å². The number of aryl methyl sites for hydroxylation is 3. The summed E-state index contributed by atoms with van der Waals surface area (Å²) in [7, 11) is 5.93. The third-order valence-electron chi connectivity index (χ3n) is 6.19. The Morgan fingerprint density at radius 2 is 1.96 bits per heavy atom. The van der Waals surface area contributed by atoms with Crippen molar-refractivity contribution in [2.24, 2.45) is 7.05 Å². The summed E-state index contributed by atoms with van der Waals surface area (Å²) >= 11 is 0. The zero-order valence-electron chi connectivity index (χ0n) is 17.0. The first-order valence-corrected chi connectivity index (χ1v) is 9.92. The summed E-state index contributed by atoms with van der Waals surface area (Å²) in [5, 5.41) is 5.44. The molecule has 1 fully saturated rings. The van der Waals surface area contributed by atoms with E-state index in [2.05, 4.69) is 20.0 Å². The summed E-state index contributed by atoms with van der Waals surface area (Å²) in [5.74, 6) is 2.59. The van der Waals surface area contributed by atoms with Crippen LogP contribution in [0, 0.1) is 6.92 Å². The van der Waals surface area contributed by atoms with Crippen LogP contribution in [0.4, 0.5) is 11.8 Å². The number of nitrogens with zero attached hydrogens (tertiary/aromatic N) is 8. The Balaban J connectivity index is 1.57. The first-order chi connectivity index (χ1) is 13.5. The summed E-state index contributed by atoms with van der Waals surface area (Å²) in [4.78, 5) is 23.3. The number of rotatable bonds is 2. The number of hydrogen-bond donors (Lipinski definition) is 0. The minimum Gasteiger partial charge on any atom is -0.355 e. The number of fused-ring (bicyclic) bond motifs is 3. The van der Waals surface area contributed by atoms with Gasteiger partial charge in [-0.2, -0.15) is 5.10 Å². The molecule has 0 bridgehead atoms. The van der Waals surface area contributed by atoms with Crippen molar-refractivity contribution < 1.29 is 0 Å². The van der Waals surface area contributed by atoms with E-state index >= 15 is 0 Å². The number of anilines is 2. The molecule has 1 aliphatic carbocycles. The maximum atomic E-state index is 4.98. The zero-order valence-corrected chi connectivity index (χ0v) is 17.0. The van der Waals surface area contributed by atoms with E-state index in [0.717, 1.165) is 61.0 Å². The number of aromatic nitrogens is 6. The third-order valence-corrected chi connectivity index (χ3v) is 6.19. The van der Waals surface area contributed by atoms with Crippen LogP contribution in [0.25, 0.3) is 11.0 Å². The van der Waals surface area contributed by atoms with Gasteiger partial charge in [-0.15, -0.1) is 0 Å². The molecular weight excluding hydrogens is 352 g/mol. The summed E-state index contributed by atoms with van der Waals surface area (Å²) in [6.45, 7) is 3.89. The maximum absolute atomic E-state index is 4.98. The molecule has 3 aromatic heterocycles. The van der Waals surface area contributed by atoms with E-state index < -0.39 is 0 Å². The Morgan fingerprint density at radius 3 is 2.79 bits per heavy atom. The Morgan fingerprint density at radius 1 is 1.11 bits per heavy atom. The van der Waals surface area contributed by atoms with Gasteiger partial charge in [0, 0.05) is 45.8 Å². The first-order valence-electron chi connectivity index (χ1n) is 9.92. The molecule has 1 unspecified atom stereocenters. The van der Waals surface area contributed by atoms with E-state index in [1.54, 1.807) is 0 Å². The molecule has 0 N–H and O–H groups in total. The molecule has 0 radical (unpaired) electrons. The molecule has 1 aliphatic heterocycles. The van der Waals surface area contributed by atoms with Gasteiger partial charge >= 0.3 is 0 Å². The quantitative estimate of drug-likeness (QED) is 0.675. The molecule has 1 atom stereocenters. The maximum Gasteiger partial charge on any atom is 0.225 e. The predicted molar refractivity (Wildman–Crippen MR) is 109 cm³/mol. The van der Waals surface area contributed by atoms with Gasteiger partial charge in [0.1, 0.15) is 11.6 Å². The molecule has 146 valence electrons. The molecule has 3 aromatic rings. The van der Waals surface area contributed by atoms with Crippen molar-refractivity contribution in [3.63, 3.8) is 0 Å². The van der Waals surface area contributed by atoms with Gasteiger partial charge in [0.2, 0.25) is 5.95 Å². The summed E-state index contributed by atoms with van der Waals surface area (Å²) < 4.78 is 1.83. The lowest BCUT2D eigenvalue weighted by Crippen LogP contribution is -2.46. The van der Waals surface area contributed by atoms with Crippen LogP contribution in [0.5, 0.6) is 0 Å². The molecule has 2 aliphatic rings. The molecule has 1 saturated heterocycles. The molecule has 4 heterocycles. The van der Waals surface area contributed by atoms with Crippen molar-refractivity contribution in [3.05, 3.63) is 29.5 Å². The molecule has 0 amide bonds. The van der Waals surface area contributed by atoms with Crippen LogP contribution in [-0.4, -0.2) is 56.9 Å². The first kappa shape index (κ1) is 17.3. The molecule has 1 spiro atoms. The minimum absolute atomic E-state index is 0.0780. The summed E-state index contributed by atoms with van der Waals surface area (Å²) in [6.07, 6.45) is 8.40. The number of piperidine rings is 1. The molecule has 0 aromatic carbocycles. The van der Waals surface area contributed by atoms with Crippen LogP contribution in [0.1, 0.15) is 36.3 Å². The second-order valence-electron chi connectivity index (χ2n) is 8.34. The van der Waals surface area contributed by atoms with Gasteiger partial charge in [-0.1, -0.05) is 0 Å². The highest BCUT2D eigenvalue weighted by Gasteiger charge is 2.44. The average molecular weight is 378 g/mol. The molecular formula is C20H26N8. The van der Waals surface area contributed by atoms with Crippen LogP contribution < -0.4 is 9.80 Å². The van der Waals surface area contributed by atoms with Gasteiger partial charge in [0.25, 0.3) is 0 Å². The van der Waals surface area contributed by atoms with Gasteiger partial charge in [0.15, 0.2) is 5.65 Å². The SMILES string of the molecule is Cc1nc(N2CCCC3(CCc4cnc(N(C)C)nc43)C2)c2cnn(C)c2n1. The third kappa shape index (κ3) is 2.54. The smallest absolute Gasteiger partial charge is 0.225 e. The Kier molecular flexibility index (Phi) is 3.79. The standard InChI is InChI=1S/C20H26N8/c1-13-23-17-15(11-22-27(17)4)18(24-13)28-9-5-7-20(12-28)8-6-14-10-21-19(26(2)3)25-16(14)20/h10-11H,5-9,12H2,1-4H3. The highest BCUT2D eigenvalue weighted by molar-refractivity contribution is 5.87. The molecule has 28 heavy (non-hydrogen) atoms. The normalized spacial score (nSPS) is 21.5. The van der Waals surface area contributed by atoms with Gasteiger partial charge in [-0.25, -0.2) is 19.9 Å². The van der Waals surface area contributed by atoms with Crippen molar-refractivity contribution in [2.45, 2.75) is 38.0 Å². The second-order valence-corrected chi connectivity index (χ2v) is 8.34. The van der Waals surface area contributed by atoms with E-state index in [1.165, 1.54) is 17.7 Å². The largest absolute Gasteiger partial charge is 0.355 e. The van der Waals surface area contributed by atoms with E-state index in [9.17, 15) is 0 Å². The van der Waals surface area contributed by atoms with Gasteiger partial charge in [-0.3, -0.25) is 4.68 Å². The monoisotopic (exact) mass is 378 g/mol. The highest BCUT2D eigenvalue weighted by Crippen LogP contribution is 2.45. The molecule has 8 nitrogen and oxygen atoms in total. The van der Waals surface area contributed by atoms with E-state index in [0.29, 0.717) is 0 Å². The fourth-order valence-electron chi connectivity index (χ4n) is 4.81. The van der Waals surface area contributed by atoms with Crippen LogP contribution in [0.3, 0.4) is 0 Å². The van der Waals surface area contributed by atoms with Crippen molar-refractivity contribution in [1.82, 2.24) is 29.7 Å². The molecule has 8 heteroatoms. The van der Waals surface area contributed by atoms with Gasteiger partial charge < -0.3 is 9.80 Å². The summed E-state index contributed by atoms with van der Waals surface area (Å²) in [5.41, 5.74) is 3.52. The molecule has 5 rings (SSSR count). The lowest BCUT2D eigenvalue weighted by atomic mass is 9.77. The van der Waals surface area contributed by atoms with Crippen LogP contribution in [-0.2, 0) is 18.9 Å². The minimum atomic E-state index is 0.0780. The Labute approximate surface area is 164 Å². The Hall–Kier alpha value is -2.77. The van der Waals surface area contributed by atoms with Gasteiger partial charge in [-0.05, 0) is 38.2 Å². The van der Waals surface area contributed by atoms with Crippen molar-refractivity contribution >= 4 is 22.8 Å². The fraction of sp³-hybridized carbons (Fsp3) is 0.550. The van der Waals surface area contributed by atoms with Crippen LogP contribution in [0.15, 0.2) is 12.4 Å². The zero-order chi connectivity index (χ0) is 19.5. The number of hydrogen-bond acceptors (Lipinski definition) is 7. The van der Waals surface area contributed by atoms with Crippen molar-refractivity contribution in [3.8, 4) is 0 Å². The van der Waals surface area contributed by atoms with Crippen LogP contribution in [0.2, 0.25) is 0 Å². The average Bonchev–Trinajstić information content (AvgIpc) is 3.22. The predicted octanol–water partition coefficient (Wildman–Crippen LogP) is 2.01. The fourth-order valence-corrected chi connectivity index (χ4v) is 4.81. The highest BCUT2D eigenvalue weighted by atomic mass is 15.3. The van der Waals surface area contributed by atoms with E-state index in [-0.39, 0.29) is 5.41 Å². The lowest BCUT2D eigenvalue weighted by molar-refractivity contribution is 0.333.